The Balaban J connectivity index is 0.00000320. The van der Waals surface area contributed by atoms with E-state index in [1.54, 1.807) is 0 Å². The fourth-order valence-corrected chi connectivity index (χ4v) is 4.54. The van der Waals surface area contributed by atoms with Crippen LogP contribution in [0.4, 0.5) is 0 Å². The average Bonchev–Trinajstić information content (AvgIpc) is 3.30. The molecule has 0 aromatic carbocycles. The number of likely N-dealkylation sites (N-methyl/N-ethyl adjacent to an activating group) is 1. The van der Waals surface area contributed by atoms with Crippen molar-refractivity contribution in [2.75, 3.05) is 26.2 Å². The Hall–Kier alpha value is -0.940. The molecule has 1 aromatic heterocycles. The zero-order chi connectivity index (χ0) is 20.9. The lowest BCUT2D eigenvalue weighted by Crippen LogP contribution is -2.50. The Morgan fingerprint density at radius 1 is 1.23 bits per heavy atom. The Bertz CT molecular complexity index is 695. The summed E-state index contributed by atoms with van der Waals surface area (Å²) < 4.78 is 1.98. The summed E-state index contributed by atoms with van der Waals surface area (Å²) in [7, 11) is 1.97. The zero-order valence-corrected chi connectivity index (χ0v) is 21.4. The molecular weight excluding hydrogens is 493 g/mol. The van der Waals surface area contributed by atoms with Crippen LogP contribution in [0.25, 0.3) is 0 Å². The highest BCUT2D eigenvalue weighted by Gasteiger charge is 2.35. The molecule has 8 nitrogen and oxygen atoms in total. The molecule has 3 rings (SSSR count). The van der Waals surface area contributed by atoms with E-state index in [4.69, 9.17) is 4.99 Å². The van der Waals surface area contributed by atoms with Crippen molar-refractivity contribution < 1.29 is 5.11 Å². The minimum Gasteiger partial charge on any atom is -0.392 e. The van der Waals surface area contributed by atoms with Crippen molar-refractivity contribution in [1.82, 2.24) is 30.3 Å². The van der Waals surface area contributed by atoms with Crippen molar-refractivity contribution in [3.8, 4) is 0 Å². The molecule has 0 amide bonds. The van der Waals surface area contributed by atoms with Gasteiger partial charge in [-0.3, -0.25) is 4.90 Å². The summed E-state index contributed by atoms with van der Waals surface area (Å²) in [6, 6.07) is 0.555. The van der Waals surface area contributed by atoms with Crippen LogP contribution >= 0.6 is 24.0 Å². The van der Waals surface area contributed by atoms with Crippen LogP contribution in [0.5, 0.6) is 0 Å². The highest BCUT2D eigenvalue weighted by molar-refractivity contribution is 14.0. The van der Waals surface area contributed by atoms with E-state index < -0.39 is 0 Å². The number of likely N-dealkylation sites (tertiary alicyclic amines) is 1. The second-order valence-corrected chi connectivity index (χ2v) is 8.96. The number of halogens is 1. The van der Waals surface area contributed by atoms with Gasteiger partial charge in [0, 0.05) is 31.6 Å². The van der Waals surface area contributed by atoms with E-state index in [0.29, 0.717) is 12.6 Å². The molecule has 1 saturated carbocycles. The monoisotopic (exact) mass is 533 g/mol. The van der Waals surface area contributed by atoms with Crippen LogP contribution in [0.1, 0.15) is 64.0 Å². The molecule has 2 aliphatic rings. The second-order valence-electron chi connectivity index (χ2n) is 8.96. The molecule has 0 spiro atoms. The minimum absolute atomic E-state index is 0. The van der Waals surface area contributed by atoms with Gasteiger partial charge < -0.3 is 20.3 Å². The fraction of sp³-hybridized carbons (Fsp3) is 0.857. The molecule has 9 heteroatoms. The Morgan fingerprint density at radius 3 is 2.70 bits per heavy atom. The maximum atomic E-state index is 10.5. The Labute approximate surface area is 198 Å². The van der Waals surface area contributed by atoms with Gasteiger partial charge in [-0.2, -0.15) is 0 Å². The van der Waals surface area contributed by atoms with Crippen molar-refractivity contribution in [3.05, 3.63) is 11.6 Å². The number of aliphatic hydroxyl groups excluding tert-OH is 1. The number of nitrogens with one attached hydrogen (secondary N) is 2. The number of aliphatic hydroxyl groups is 1. The normalized spacial score (nSPS) is 27.7. The fourth-order valence-electron chi connectivity index (χ4n) is 4.54. The van der Waals surface area contributed by atoms with E-state index in [-0.39, 0.29) is 35.5 Å². The lowest BCUT2D eigenvalue weighted by molar-refractivity contribution is 0.00396. The van der Waals surface area contributed by atoms with Gasteiger partial charge in [0.1, 0.15) is 12.4 Å². The number of nitrogens with zero attached hydrogens (tertiary/aromatic N) is 5. The summed E-state index contributed by atoms with van der Waals surface area (Å²) >= 11 is 0. The lowest BCUT2D eigenvalue weighted by atomic mass is 9.73. The Morgan fingerprint density at radius 2 is 2.03 bits per heavy atom. The maximum Gasteiger partial charge on any atom is 0.191 e. The van der Waals surface area contributed by atoms with E-state index in [2.05, 4.69) is 39.6 Å². The third kappa shape index (κ3) is 6.29. The predicted molar refractivity (Wildman–Crippen MR) is 131 cm³/mol. The minimum atomic E-state index is -0.253. The first-order chi connectivity index (χ1) is 13.9. The molecule has 1 aliphatic carbocycles. The SMILES string of the molecule is CCN1CCCC1CNC(=NCc1nnc(C)n1C)NCC1(C)CCCCC1O.I. The number of aryl methyl sites for hydroxylation is 1. The summed E-state index contributed by atoms with van der Waals surface area (Å²) in [5.74, 6) is 2.54. The molecule has 30 heavy (non-hydrogen) atoms. The molecule has 0 radical (unpaired) electrons. The zero-order valence-electron chi connectivity index (χ0n) is 19.0. The summed E-state index contributed by atoms with van der Waals surface area (Å²) in [6.07, 6.45) is 6.48. The lowest BCUT2D eigenvalue weighted by Gasteiger charge is -2.39. The molecule has 2 heterocycles. The third-order valence-corrected chi connectivity index (χ3v) is 6.91. The van der Waals surface area contributed by atoms with Crippen molar-refractivity contribution in [3.63, 3.8) is 0 Å². The first-order valence-corrected chi connectivity index (χ1v) is 11.2. The first kappa shape index (κ1) is 25.3. The van der Waals surface area contributed by atoms with Gasteiger partial charge in [0.25, 0.3) is 0 Å². The van der Waals surface area contributed by atoms with Crippen LogP contribution in [0.3, 0.4) is 0 Å². The molecule has 172 valence electrons. The van der Waals surface area contributed by atoms with Gasteiger partial charge in [-0.25, -0.2) is 4.99 Å². The molecule has 1 aromatic rings. The van der Waals surface area contributed by atoms with Crippen LogP contribution in [0, 0.1) is 12.3 Å². The Kier molecular flexibility index (Phi) is 9.80. The van der Waals surface area contributed by atoms with Crippen molar-refractivity contribution in [2.45, 2.75) is 78.0 Å². The quantitative estimate of drug-likeness (QED) is 0.283. The molecule has 3 atom stereocenters. The van der Waals surface area contributed by atoms with Crippen molar-refractivity contribution in [1.29, 1.82) is 0 Å². The topological polar surface area (TPSA) is 90.6 Å². The van der Waals surface area contributed by atoms with Gasteiger partial charge in [0.15, 0.2) is 11.8 Å². The number of aliphatic imine (C=N–C) groups is 1. The molecule has 3 N–H and O–H groups in total. The number of guanidine groups is 1. The summed E-state index contributed by atoms with van der Waals surface area (Å²) in [6.45, 7) is 10.7. The van der Waals surface area contributed by atoms with Gasteiger partial charge >= 0.3 is 0 Å². The molecular formula is C21H40IN7O. The van der Waals surface area contributed by atoms with Crippen LogP contribution < -0.4 is 10.6 Å². The van der Waals surface area contributed by atoms with Gasteiger partial charge in [-0.05, 0) is 45.7 Å². The highest BCUT2D eigenvalue weighted by Crippen LogP contribution is 2.35. The smallest absolute Gasteiger partial charge is 0.191 e. The molecule has 1 aliphatic heterocycles. The molecule has 3 unspecified atom stereocenters. The molecule has 2 fully saturated rings. The van der Waals surface area contributed by atoms with Gasteiger partial charge in [-0.15, -0.1) is 34.2 Å². The van der Waals surface area contributed by atoms with Gasteiger partial charge in [-0.1, -0.05) is 26.7 Å². The highest BCUT2D eigenvalue weighted by atomic mass is 127. The van der Waals surface area contributed by atoms with Gasteiger partial charge in [0.05, 0.1) is 6.10 Å². The summed E-state index contributed by atoms with van der Waals surface area (Å²) in [5.41, 5.74) is -0.106. The second kappa shape index (κ2) is 11.6. The predicted octanol–water partition coefficient (Wildman–Crippen LogP) is 2.20. The first-order valence-electron chi connectivity index (χ1n) is 11.2. The van der Waals surface area contributed by atoms with E-state index >= 15 is 0 Å². The van der Waals surface area contributed by atoms with Gasteiger partial charge in [0.2, 0.25) is 0 Å². The average molecular weight is 534 g/mol. The van der Waals surface area contributed by atoms with E-state index in [9.17, 15) is 5.11 Å². The van der Waals surface area contributed by atoms with Crippen LogP contribution in [0.15, 0.2) is 4.99 Å². The number of hydrogen-bond donors (Lipinski definition) is 3. The van der Waals surface area contributed by atoms with Crippen LogP contribution in [-0.2, 0) is 13.6 Å². The van der Waals surface area contributed by atoms with E-state index in [0.717, 1.165) is 56.5 Å². The molecule has 0 bridgehead atoms. The van der Waals surface area contributed by atoms with Crippen LogP contribution in [0.2, 0.25) is 0 Å². The maximum absolute atomic E-state index is 10.5. The number of rotatable bonds is 7. The third-order valence-electron chi connectivity index (χ3n) is 6.91. The molecule has 1 saturated heterocycles. The van der Waals surface area contributed by atoms with E-state index in [1.807, 2.05) is 18.5 Å². The number of hydrogen-bond acceptors (Lipinski definition) is 5. The standard InChI is InChI=1S/C21H39N7O.HI/c1-5-28-12-8-9-17(28)13-22-20(23-14-19-26-25-16(2)27(19)4)24-15-21(3)11-7-6-10-18(21)29;/h17-18,29H,5-15H2,1-4H3,(H2,22,23,24);1H. The number of aromatic nitrogens is 3. The van der Waals surface area contributed by atoms with Crippen molar-refractivity contribution in [2.24, 2.45) is 17.5 Å². The van der Waals surface area contributed by atoms with Crippen LogP contribution in [-0.4, -0.2) is 69.1 Å². The summed E-state index contributed by atoms with van der Waals surface area (Å²) in [4.78, 5) is 7.32. The van der Waals surface area contributed by atoms with Crippen molar-refractivity contribution >= 4 is 29.9 Å². The largest absolute Gasteiger partial charge is 0.392 e. The summed E-state index contributed by atoms with van der Waals surface area (Å²) in [5, 5.41) is 26.0. The van der Waals surface area contributed by atoms with E-state index in [1.165, 1.54) is 25.8 Å².